The number of urea groups is 1. The van der Waals surface area contributed by atoms with Gasteiger partial charge in [-0.3, -0.25) is 0 Å². The van der Waals surface area contributed by atoms with Gasteiger partial charge < -0.3 is 19.9 Å². The summed E-state index contributed by atoms with van der Waals surface area (Å²) in [6.45, 7) is 9.30. The Kier molecular flexibility index (Phi) is 7.38. The number of carbonyl (C=O) groups excluding carboxylic acids is 1. The highest BCUT2D eigenvalue weighted by molar-refractivity contribution is 8.00. The van der Waals surface area contributed by atoms with Crippen molar-refractivity contribution in [2.24, 2.45) is 4.40 Å². The van der Waals surface area contributed by atoms with E-state index in [2.05, 4.69) is 9.71 Å². The van der Waals surface area contributed by atoms with Crippen LogP contribution in [-0.2, 0) is 14.8 Å². The van der Waals surface area contributed by atoms with Gasteiger partial charge in [0.05, 0.1) is 0 Å². The molecule has 3 rings (SSSR count). The van der Waals surface area contributed by atoms with Gasteiger partial charge in [0.25, 0.3) is 10.0 Å². The number of ether oxygens (including phenoxy) is 1. The van der Waals surface area contributed by atoms with Crippen molar-refractivity contribution in [3.63, 3.8) is 0 Å². The van der Waals surface area contributed by atoms with Crippen molar-refractivity contribution in [1.29, 1.82) is 0 Å². The largest absolute Gasteiger partial charge is 0.385 e. The van der Waals surface area contributed by atoms with Crippen LogP contribution in [0.5, 0.6) is 0 Å². The van der Waals surface area contributed by atoms with Crippen molar-refractivity contribution >= 4 is 26.8 Å². The highest BCUT2D eigenvalue weighted by Crippen LogP contribution is 2.34. The smallest absolute Gasteiger partial charge is 0.317 e. The van der Waals surface area contributed by atoms with Crippen molar-refractivity contribution in [3.8, 4) is 0 Å². The lowest BCUT2D eigenvalue weighted by molar-refractivity contribution is 0.186. The molecule has 1 fully saturated rings. The van der Waals surface area contributed by atoms with E-state index in [9.17, 15) is 13.2 Å². The molecule has 1 aromatic carbocycles. The van der Waals surface area contributed by atoms with Crippen molar-refractivity contribution in [2.75, 3.05) is 46.4 Å². The lowest BCUT2D eigenvalue weighted by atomic mass is 10.0. The maximum atomic E-state index is 12.9. The number of nitrogens with zero attached hydrogens (tertiary/aromatic N) is 3. The van der Waals surface area contributed by atoms with E-state index in [4.69, 9.17) is 4.74 Å². The van der Waals surface area contributed by atoms with Gasteiger partial charge in [-0.05, 0) is 50.3 Å². The topological polar surface area (TPSA) is 91.3 Å². The molecule has 31 heavy (non-hydrogen) atoms. The van der Waals surface area contributed by atoms with E-state index in [0.717, 1.165) is 24.0 Å². The van der Waals surface area contributed by atoms with E-state index in [1.54, 1.807) is 12.0 Å². The first-order valence-corrected chi connectivity index (χ1v) is 12.1. The maximum absolute atomic E-state index is 12.9. The van der Waals surface area contributed by atoms with Crippen LogP contribution in [0.2, 0.25) is 0 Å². The Morgan fingerprint density at radius 1 is 1.13 bits per heavy atom. The minimum absolute atomic E-state index is 0.0954. The number of nitrogens with one attached hydrogen (secondary N) is 1. The molecule has 0 spiro atoms. The van der Waals surface area contributed by atoms with Crippen LogP contribution in [0.4, 0.5) is 4.79 Å². The van der Waals surface area contributed by atoms with E-state index >= 15 is 0 Å². The predicted molar refractivity (Wildman–Crippen MR) is 123 cm³/mol. The average Bonchev–Trinajstić information content (AvgIpc) is 2.88. The summed E-state index contributed by atoms with van der Waals surface area (Å²) in [5.74, 6) is 0.496. The van der Waals surface area contributed by atoms with Crippen LogP contribution < -0.4 is 5.32 Å². The van der Waals surface area contributed by atoms with Gasteiger partial charge in [0.1, 0.15) is 10.7 Å². The van der Waals surface area contributed by atoms with E-state index in [0.29, 0.717) is 56.3 Å². The summed E-state index contributed by atoms with van der Waals surface area (Å²) >= 11 is 0. The fourth-order valence-electron chi connectivity index (χ4n) is 3.92. The number of benzene rings is 1. The van der Waals surface area contributed by atoms with Gasteiger partial charge in [-0.1, -0.05) is 18.2 Å². The average molecular weight is 449 g/mol. The molecule has 0 aliphatic carbocycles. The molecule has 0 atom stereocenters. The number of amidine groups is 1. The quantitative estimate of drug-likeness (QED) is 0.699. The molecular formula is C22H32N4O4S. The third-order valence-corrected chi connectivity index (χ3v) is 7.26. The Hall–Kier alpha value is -2.39. The molecule has 0 aromatic heterocycles. The summed E-state index contributed by atoms with van der Waals surface area (Å²) < 4.78 is 34.9. The van der Waals surface area contributed by atoms with Crippen LogP contribution in [0.1, 0.15) is 36.5 Å². The normalized spacial score (nSPS) is 18.8. The third kappa shape index (κ3) is 5.27. The van der Waals surface area contributed by atoms with Gasteiger partial charge in [0, 0.05) is 52.0 Å². The molecular weight excluding hydrogens is 416 g/mol. The highest BCUT2D eigenvalue weighted by atomic mass is 32.2. The fourth-order valence-corrected chi connectivity index (χ4v) is 5.40. The minimum Gasteiger partial charge on any atom is -0.385 e. The molecule has 8 nitrogen and oxygen atoms in total. The van der Waals surface area contributed by atoms with Gasteiger partial charge in [-0.2, -0.15) is 8.42 Å². The second-order valence-corrected chi connectivity index (χ2v) is 9.59. The molecule has 2 aliphatic heterocycles. The molecule has 2 heterocycles. The Labute approximate surface area is 185 Å². The lowest BCUT2D eigenvalue weighted by Gasteiger charge is -2.24. The Bertz CT molecular complexity index is 1000. The molecule has 0 bridgehead atoms. The monoisotopic (exact) mass is 448 g/mol. The zero-order valence-corrected chi connectivity index (χ0v) is 19.6. The number of methoxy groups -OCH3 is 1. The number of rotatable bonds is 5. The number of carbonyl (C=O) groups is 1. The number of sulfonamides is 1. The van der Waals surface area contributed by atoms with Gasteiger partial charge in [-0.25, -0.2) is 4.79 Å². The van der Waals surface area contributed by atoms with E-state index in [1.807, 2.05) is 43.9 Å². The Morgan fingerprint density at radius 3 is 2.61 bits per heavy atom. The molecule has 2 aliphatic rings. The van der Waals surface area contributed by atoms with Gasteiger partial charge >= 0.3 is 6.03 Å². The molecule has 1 saturated heterocycles. The first-order chi connectivity index (χ1) is 14.7. The van der Waals surface area contributed by atoms with Gasteiger partial charge in [-0.15, -0.1) is 4.40 Å². The van der Waals surface area contributed by atoms with Crippen LogP contribution >= 0.6 is 0 Å². The molecule has 170 valence electrons. The summed E-state index contributed by atoms with van der Waals surface area (Å²) in [5.41, 5.74) is 3.50. The molecule has 9 heteroatoms. The molecule has 0 saturated carbocycles. The van der Waals surface area contributed by atoms with Crippen molar-refractivity contribution in [3.05, 3.63) is 40.5 Å². The van der Waals surface area contributed by atoms with Crippen molar-refractivity contribution < 1.29 is 17.9 Å². The Balaban J connectivity index is 1.73. The standard InChI is InChI=1S/C22H32N4O4S/c1-16-7-8-19(15-17(16)2)20-18(3)21(24-31(20,28)29)25-10-6-11-26(13-12-25)22(27)23-9-5-14-30-4/h7-8,15H,5-6,9-14H2,1-4H3,(H,23,27). The SMILES string of the molecule is COCCCNC(=O)N1CCCN(C2=NS(=O)(=O)C(c3ccc(C)c(C)c3)=C2C)CC1. The lowest BCUT2D eigenvalue weighted by Crippen LogP contribution is -2.43. The van der Waals surface area contributed by atoms with Gasteiger partial charge in [0.15, 0.2) is 0 Å². The third-order valence-electron chi connectivity index (χ3n) is 5.79. The summed E-state index contributed by atoms with van der Waals surface area (Å²) in [6, 6.07) is 5.59. The van der Waals surface area contributed by atoms with E-state index in [-0.39, 0.29) is 10.9 Å². The van der Waals surface area contributed by atoms with Crippen LogP contribution in [-0.4, -0.2) is 76.5 Å². The number of aryl methyl sites for hydroxylation is 2. The highest BCUT2D eigenvalue weighted by Gasteiger charge is 2.34. The number of hydrogen-bond acceptors (Lipinski definition) is 5. The second-order valence-electron chi connectivity index (χ2n) is 8.05. The van der Waals surface area contributed by atoms with Gasteiger partial charge in [0.2, 0.25) is 0 Å². The minimum atomic E-state index is -3.76. The molecule has 0 unspecified atom stereocenters. The zero-order chi connectivity index (χ0) is 22.6. The fraction of sp³-hybridized carbons (Fsp3) is 0.545. The van der Waals surface area contributed by atoms with Crippen LogP contribution in [0, 0.1) is 13.8 Å². The van der Waals surface area contributed by atoms with Crippen molar-refractivity contribution in [2.45, 2.75) is 33.6 Å². The summed E-state index contributed by atoms with van der Waals surface area (Å²) in [4.78, 5) is 16.5. The molecule has 1 aromatic rings. The molecule has 2 amide bonds. The maximum Gasteiger partial charge on any atom is 0.317 e. The van der Waals surface area contributed by atoms with Crippen LogP contribution in [0.25, 0.3) is 4.91 Å². The predicted octanol–water partition coefficient (Wildman–Crippen LogP) is 2.53. The first-order valence-electron chi connectivity index (χ1n) is 10.6. The Morgan fingerprint density at radius 2 is 1.90 bits per heavy atom. The van der Waals surface area contributed by atoms with E-state index < -0.39 is 10.0 Å². The summed E-state index contributed by atoms with van der Waals surface area (Å²) in [6.07, 6.45) is 1.51. The summed E-state index contributed by atoms with van der Waals surface area (Å²) in [7, 11) is -2.12. The number of amides is 2. The van der Waals surface area contributed by atoms with E-state index in [1.165, 1.54) is 0 Å². The molecule has 0 radical (unpaired) electrons. The van der Waals surface area contributed by atoms with Crippen LogP contribution in [0.3, 0.4) is 0 Å². The van der Waals surface area contributed by atoms with Crippen LogP contribution in [0.15, 0.2) is 28.2 Å². The first kappa shape index (κ1) is 23.3. The zero-order valence-electron chi connectivity index (χ0n) is 18.8. The molecule has 1 N–H and O–H groups in total. The summed E-state index contributed by atoms with van der Waals surface area (Å²) in [5, 5.41) is 2.91. The number of hydrogen-bond donors (Lipinski definition) is 1. The second kappa shape index (κ2) is 9.82. The van der Waals surface area contributed by atoms with Crippen molar-refractivity contribution in [1.82, 2.24) is 15.1 Å².